The van der Waals surface area contributed by atoms with Crippen molar-refractivity contribution >= 4 is 11.8 Å². The fraction of sp³-hybridized carbons (Fsp3) is 0.533. The summed E-state index contributed by atoms with van der Waals surface area (Å²) in [6.45, 7) is 9.30. The third kappa shape index (κ3) is 10.5. The van der Waals surface area contributed by atoms with Gasteiger partial charge < -0.3 is 9.80 Å². The van der Waals surface area contributed by atoms with Gasteiger partial charge in [-0.05, 0) is 11.1 Å². The minimum Gasteiger partial charge on any atom is -0.348 e. The summed E-state index contributed by atoms with van der Waals surface area (Å²) in [5, 5.41) is 0. The standard InChI is InChI=1S/C30H46N6O2/c1-31(2)29(37)25-35-19-17-33(23-27-11-7-5-8-12-27)15-16-34(24-28-13-9-6-10-14-28)18-20-36(22-21-35)26-30(38)32(3)4/h5-14H,15-26H2,1-4H3. The highest BCUT2D eigenvalue weighted by Gasteiger charge is 2.20. The molecule has 1 saturated heterocycles. The van der Waals surface area contributed by atoms with Crippen LogP contribution >= 0.6 is 0 Å². The van der Waals surface area contributed by atoms with Crippen molar-refractivity contribution in [1.29, 1.82) is 0 Å². The summed E-state index contributed by atoms with van der Waals surface area (Å²) in [4.78, 5) is 38.1. The average molecular weight is 523 g/mol. The molecule has 0 aromatic heterocycles. The monoisotopic (exact) mass is 522 g/mol. The van der Waals surface area contributed by atoms with Gasteiger partial charge >= 0.3 is 0 Å². The van der Waals surface area contributed by atoms with E-state index in [9.17, 15) is 9.59 Å². The van der Waals surface area contributed by atoms with Crippen molar-refractivity contribution in [1.82, 2.24) is 29.4 Å². The van der Waals surface area contributed by atoms with Crippen molar-refractivity contribution in [2.45, 2.75) is 13.1 Å². The number of carbonyl (C=O) groups excluding carboxylic acids is 2. The molecule has 0 bridgehead atoms. The van der Waals surface area contributed by atoms with E-state index in [2.05, 4.69) is 80.3 Å². The molecule has 0 N–H and O–H groups in total. The maximum atomic E-state index is 12.6. The predicted octanol–water partition coefficient (Wildman–Crippen LogP) is 1.78. The Labute approximate surface area is 229 Å². The maximum absolute atomic E-state index is 12.6. The van der Waals surface area contributed by atoms with E-state index in [-0.39, 0.29) is 11.8 Å². The summed E-state index contributed by atoms with van der Waals surface area (Å²) in [5.41, 5.74) is 2.61. The topological polar surface area (TPSA) is 53.6 Å². The second kappa shape index (κ2) is 15.6. The minimum absolute atomic E-state index is 0.108. The molecule has 2 aromatic rings. The number of benzene rings is 2. The number of likely N-dealkylation sites (N-methyl/N-ethyl adjacent to an activating group) is 2. The number of hydrogen-bond donors (Lipinski definition) is 0. The molecule has 2 amide bonds. The Kier molecular flexibility index (Phi) is 12.2. The summed E-state index contributed by atoms with van der Waals surface area (Å²) >= 11 is 0. The molecule has 0 unspecified atom stereocenters. The Morgan fingerprint density at radius 1 is 0.526 bits per heavy atom. The predicted molar refractivity (Wildman–Crippen MR) is 154 cm³/mol. The Bertz CT molecular complexity index is 890. The summed E-state index contributed by atoms with van der Waals surface area (Å²) in [6, 6.07) is 21.2. The van der Waals surface area contributed by atoms with E-state index in [0.717, 1.165) is 65.4 Å². The van der Waals surface area contributed by atoms with Crippen LogP contribution in [-0.2, 0) is 22.7 Å². The molecule has 0 saturated carbocycles. The molecule has 1 heterocycles. The average Bonchev–Trinajstić information content (AvgIpc) is 2.90. The van der Waals surface area contributed by atoms with Crippen LogP contribution in [-0.4, -0.2) is 135 Å². The van der Waals surface area contributed by atoms with Crippen LogP contribution in [0.15, 0.2) is 60.7 Å². The lowest BCUT2D eigenvalue weighted by molar-refractivity contribution is -0.131. The fourth-order valence-electron chi connectivity index (χ4n) is 4.56. The summed E-state index contributed by atoms with van der Waals surface area (Å²) in [7, 11) is 7.24. The van der Waals surface area contributed by atoms with E-state index in [1.54, 1.807) is 9.80 Å². The van der Waals surface area contributed by atoms with Crippen molar-refractivity contribution < 1.29 is 9.59 Å². The lowest BCUT2D eigenvalue weighted by atomic mass is 10.2. The van der Waals surface area contributed by atoms with Crippen molar-refractivity contribution in [3.05, 3.63) is 71.8 Å². The van der Waals surface area contributed by atoms with Crippen LogP contribution in [0, 0.1) is 0 Å². The number of amides is 2. The first-order chi connectivity index (χ1) is 18.3. The number of hydrogen-bond acceptors (Lipinski definition) is 6. The quantitative estimate of drug-likeness (QED) is 0.527. The molecule has 0 spiro atoms. The normalized spacial score (nSPS) is 17.4. The van der Waals surface area contributed by atoms with Crippen LogP contribution in [0.1, 0.15) is 11.1 Å². The molecule has 0 atom stereocenters. The Hall–Kier alpha value is -2.78. The lowest BCUT2D eigenvalue weighted by Crippen LogP contribution is -2.49. The SMILES string of the molecule is CN(C)C(=O)CN1CCN(CC(=O)N(C)C)CCN(Cc2ccccc2)CCN(Cc2ccccc2)CC1. The highest BCUT2D eigenvalue weighted by molar-refractivity contribution is 5.78. The second-order valence-electron chi connectivity index (χ2n) is 10.7. The highest BCUT2D eigenvalue weighted by Crippen LogP contribution is 2.10. The number of carbonyl (C=O) groups is 2. The first-order valence-electron chi connectivity index (χ1n) is 13.7. The van der Waals surface area contributed by atoms with Crippen LogP contribution in [0.5, 0.6) is 0 Å². The summed E-state index contributed by atoms with van der Waals surface area (Å²) < 4.78 is 0. The van der Waals surface area contributed by atoms with Crippen molar-refractivity contribution in [2.75, 3.05) is 93.6 Å². The Morgan fingerprint density at radius 2 is 0.816 bits per heavy atom. The molecule has 0 aliphatic carbocycles. The van der Waals surface area contributed by atoms with E-state index >= 15 is 0 Å². The van der Waals surface area contributed by atoms with Crippen LogP contribution in [0.3, 0.4) is 0 Å². The van der Waals surface area contributed by atoms with Gasteiger partial charge in [0, 0.05) is 93.6 Å². The van der Waals surface area contributed by atoms with Gasteiger partial charge in [-0.3, -0.25) is 29.2 Å². The third-order valence-corrected chi connectivity index (χ3v) is 7.14. The largest absolute Gasteiger partial charge is 0.348 e. The Balaban J connectivity index is 1.78. The minimum atomic E-state index is 0.108. The number of nitrogens with zero attached hydrogens (tertiary/aromatic N) is 6. The zero-order valence-corrected chi connectivity index (χ0v) is 23.8. The molecule has 208 valence electrons. The van der Waals surface area contributed by atoms with Gasteiger partial charge in [-0.25, -0.2) is 0 Å². The number of rotatable bonds is 8. The van der Waals surface area contributed by atoms with Crippen molar-refractivity contribution in [2.24, 2.45) is 0 Å². The van der Waals surface area contributed by atoms with E-state index in [0.29, 0.717) is 13.1 Å². The van der Waals surface area contributed by atoms with Crippen molar-refractivity contribution in [3.8, 4) is 0 Å². The third-order valence-electron chi connectivity index (χ3n) is 7.14. The molecule has 2 aromatic carbocycles. The fourth-order valence-corrected chi connectivity index (χ4v) is 4.56. The van der Waals surface area contributed by atoms with E-state index in [1.807, 2.05) is 28.2 Å². The first kappa shape index (κ1) is 29.8. The van der Waals surface area contributed by atoms with Gasteiger partial charge in [-0.15, -0.1) is 0 Å². The van der Waals surface area contributed by atoms with Gasteiger partial charge in [-0.2, -0.15) is 0 Å². The lowest BCUT2D eigenvalue weighted by Gasteiger charge is -2.34. The van der Waals surface area contributed by atoms with E-state index in [1.165, 1.54) is 11.1 Å². The molecular formula is C30H46N6O2. The van der Waals surface area contributed by atoms with Crippen LogP contribution in [0.4, 0.5) is 0 Å². The van der Waals surface area contributed by atoms with Crippen molar-refractivity contribution in [3.63, 3.8) is 0 Å². The zero-order valence-electron chi connectivity index (χ0n) is 23.8. The Morgan fingerprint density at radius 3 is 1.11 bits per heavy atom. The molecule has 38 heavy (non-hydrogen) atoms. The molecule has 1 fully saturated rings. The molecule has 3 rings (SSSR count). The van der Waals surface area contributed by atoms with Crippen LogP contribution < -0.4 is 0 Å². The highest BCUT2D eigenvalue weighted by atomic mass is 16.2. The van der Waals surface area contributed by atoms with Gasteiger partial charge in [0.1, 0.15) is 0 Å². The molecule has 8 heteroatoms. The van der Waals surface area contributed by atoms with Gasteiger partial charge in [-0.1, -0.05) is 60.7 Å². The first-order valence-corrected chi connectivity index (χ1v) is 13.7. The molecular weight excluding hydrogens is 476 g/mol. The molecule has 0 radical (unpaired) electrons. The smallest absolute Gasteiger partial charge is 0.236 e. The summed E-state index contributed by atoms with van der Waals surface area (Å²) in [6.07, 6.45) is 0. The maximum Gasteiger partial charge on any atom is 0.236 e. The van der Waals surface area contributed by atoms with Crippen LogP contribution in [0.2, 0.25) is 0 Å². The molecule has 1 aliphatic rings. The molecule has 1 aliphatic heterocycles. The van der Waals surface area contributed by atoms with Gasteiger partial charge in [0.25, 0.3) is 0 Å². The van der Waals surface area contributed by atoms with Gasteiger partial charge in [0.15, 0.2) is 0 Å². The van der Waals surface area contributed by atoms with E-state index < -0.39 is 0 Å². The second-order valence-corrected chi connectivity index (χ2v) is 10.7. The van der Waals surface area contributed by atoms with Gasteiger partial charge in [0.05, 0.1) is 13.1 Å². The van der Waals surface area contributed by atoms with Gasteiger partial charge in [0.2, 0.25) is 11.8 Å². The molecule has 8 nitrogen and oxygen atoms in total. The summed E-state index contributed by atoms with van der Waals surface area (Å²) in [5.74, 6) is 0.216. The van der Waals surface area contributed by atoms with Crippen LogP contribution in [0.25, 0.3) is 0 Å². The zero-order chi connectivity index (χ0) is 27.3. The van der Waals surface area contributed by atoms with E-state index in [4.69, 9.17) is 0 Å².